The van der Waals surface area contributed by atoms with Crippen molar-refractivity contribution in [2.45, 2.75) is 24.7 Å². The number of nitrogens with one attached hydrogen (secondary N) is 1. The average Bonchev–Trinajstić information content (AvgIpc) is 2.01. The van der Waals surface area contributed by atoms with Gasteiger partial charge >= 0.3 is 5.97 Å². The average molecular weight is 222 g/mol. The highest BCUT2D eigenvalue weighted by Crippen LogP contribution is 2.12. The van der Waals surface area contributed by atoms with Crippen molar-refractivity contribution in [1.82, 2.24) is 5.32 Å². The Hall–Kier alpha value is -0.660. The van der Waals surface area contributed by atoms with Crippen LogP contribution in [0, 0.1) is 0 Å². The molecule has 1 aliphatic rings. The Labute approximate surface area is 82.8 Å². The number of primary sulfonamides is 1. The van der Waals surface area contributed by atoms with Gasteiger partial charge in [-0.05, 0) is 0 Å². The van der Waals surface area contributed by atoms with Crippen LogP contribution in [-0.2, 0) is 19.6 Å². The molecule has 0 bridgehead atoms. The van der Waals surface area contributed by atoms with Gasteiger partial charge in [-0.15, -0.1) is 0 Å². The number of carbonyl (C=O) groups is 1. The fourth-order valence-corrected chi connectivity index (χ4v) is 2.27. The Morgan fingerprint density at radius 2 is 2.14 bits per heavy atom. The number of hydrogen-bond donors (Lipinski definition) is 2. The molecule has 6 nitrogen and oxygen atoms in total. The Balaban J connectivity index is 2.56. The number of ether oxygens (including phenoxy) is 1. The van der Waals surface area contributed by atoms with Crippen LogP contribution in [0.25, 0.3) is 0 Å². The molecule has 1 saturated heterocycles. The van der Waals surface area contributed by atoms with Crippen molar-refractivity contribution < 1.29 is 17.9 Å². The van der Waals surface area contributed by atoms with E-state index in [-0.39, 0.29) is 6.42 Å². The topological polar surface area (TPSA) is 98.5 Å². The van der Waals surface area contributed by atoms with Crippen LogP contribution in [0.3, 0.4) is 0 Å². The first-order valence-electron chi connectivity index (χ1n) is 4.29. The molecule has 0 radical (unpaired) electrons. The molecule has 0 spiro atoms. The summed E-state index contributed by atoms with van der Waals surface area (Å²) in [4.78, 5) is 10.6. The zero-order valence-corrected chi connectivity index (χ0v) is 8.71. The number of hydrogen-bond acceptors (Lipinski definition) is 5. The maximum atomic E-state index is 11.0. The van der Waals surface area contributed by atoms with Gasteiger partial charge in [0.05, 0.1) is 5.25 Å². The van der Waals surface area contributed by atoms with E-state index in [9.17, 15) is 13.2 Å². The first-order valence-corrected chi connectivity index (χ1v) is 5.90. The molecule has 1 rings (SSSR count). The Kier molecular flexibility index (Phi) is 3.46. The number of rotatable bonds is 2. The van der Waals surface area contributed by atoms with Gasteiger partial charge in [-0.25, -0.2) is 13.6 Å². The van der Waals surface area contributed by atoms with Crippen LogP contribution >= 0.6 is 0 Å². The van der Waals surface area contributed by atoms with E-state index >= 15 is 0 Å². The van der Waals surface area contributed by atoms with Crippen molar-refractivity contribution >= 4 is 16.0 Å². The molecule has 2 atom stereocenters. The zero-order valence-electron chi connectivity index (χ0n) is 7.89. The van der Waals surface area contributed by atoms with E-state index in [1.165, 1.54) is 6.92 Å². The van der Waals surface area contributed by atoms with Gasteiger partial charge in [-0.2, -0.15) is 0 Å². The molecule has 1 heterocycles. The molecule has 14 heavy (non-hydrogen) atoms. The quantitative estimate of drug-likeness (QED) is 0.558. The van der Waals surface area contributed by atoms with Crippen LogP contribution in [0.15, 0.2) is 0 Å². The summed E-state index contributed by atoms with van der Waals surface area (Å²) in [7, 11) is -3.55. The highest BCUT2D eigenvalue weighted by atomic mass is 32.2. The first kappa shape index (κ1) is 11.4. The van der Waals surface area contributed by atoms with Crippen LogP contribution in [-0.4, -0.2) is 38.8 Å². The summed E-state index contributed by atoms with van der Waals surface area (Å²) >= 11 is 0. The van der Waals surface area contributed by atoms with Gasteiger partial charge in [0.25, 0.3) is 0 Å². The number of carbonyl (C=O) groups excluding carboxylic acids is 1. The van der Waals surface area contributed by atoms with Crippen molar-refractivity contribution in [2.24, 2.45) is 5.14 Å². The van der Waals surface area contributed by atoms with E-state index in [0.717, 1.165) is 0 Å². The van der Waals surface area contributed by atoms with Gasteiger partial charge in [-0.1, -0.05) is 0 Å². The highest BCUT2D eigenvalue weighted by molar-refractivity contribution is 7.89. The third kappa shape index (κ3) is 3.24. The molecule has 1 aliphatic heterocycles. The number of piperidine rings is 1. The van der Waals surface area contributed by atoms with Gasteiger partial charge in [0.15, 0.2) is 0 Å². The second-order valence-electron chi connectivity index (χ2n) is 3.34. The summed E-state index contributed by atoms with van der Waals surface area (Å²) < 4.78 is 26.9. The van der Waals surface area contributed by atoms with Gasteiger partial charge in [-0.3, -0.25) is 4.79 Å². The van der Waals surface area contributed by atoms with E-state index in [0.29, 0.717) is 13.1 Å². The molecule has 0 aromatic heterocycles. The lowest BCUT2D eigenvalue weighted by Crippen LogP contribution is -2.49. The standard InChI is InChI=1S/C7H14N2O4S/c1-5(10)13-6-2-7(4-9-3-6)14(8,11)12/h6-7,9H,2-4H2,1H3,(H2,8,11,12)/t6-,7+/m0/s1. The van der Waals surface area contributed by atoms with Crippen molar-refractivity contribution in [1.29, 1.82) is 0 Å². The van der Waals surface area contributed by atoms with E-state index in [2.05, 4.69) is 5.32 Å². The second kappa shape index (κ2) is 4.24. The summed E-state index contributed by atoms with van der Waals surface area (Å²) in [6, 6.07) is 0. The third-order valence-electron chi connectivity index (χ3n) is 2.07. The van der Waals surface area contributed by atoms with Crippen molar-refractivity contribution in [3.8, 4) is 0 Å². The van der Waals surface area contributed by atoms with Gasteiger partial charge in [0.1, 0.15) is 6.10 Å². The van der Waals surface area contributed by atoms with Crippen LogP contribution in [0.2, 0.25) is 0 Å². The Morgan fingerprint density at radius 3 is 2.64 bits per heavy atom. The summed E-state index contributed by atoms with van der Waals surface area (Å²) in [5, 5.41) is 7.19. The predicted molar refractivity (Wildman–Crippen MR) is 49.9 cm³/mol. The van der Waals surface area contributed by atoms with Crippen LogP contribution in [0.1, 0.15) is 13.3 Å². The molecule has 3 N–H and O–H groups in total. The molecule has 0 saturated carbocycles. The summed E-state index contributed by atoms with van der Waals surface area (Å²) in [5.41, 5.74) is 0. The van der Waals surface area contributed by atoms with Gasteiger partial charge in [0, 0.05) is 26.4 Å². The maximum Gasteiger partial charge on any atom is 0.302 e. The molecule has 7 heteroatoms. The van der Waals surface area contributed by atoms with Crippen molar-refractivity contribution in [3.63, 3.8) is 0 Å². The smallest absolute Gasteiger partial charge is 0.302 e. The summed E-state index contributed by atoms with van der Waals surface area (Å²) in [5.74, 6) is -0.410. The predicted octanol–water partition coefficient (Wildman–Crippen LogP) is -1.43. The molecular weight excluding hydrogens is 208 g/mol. The van der Waals surface area contributed by atoms with Gasteiger partial charge in [0.2, 0.25) is 10.0 Å². The van der Waals surface area contributed by atoms with Crippen LogP contribution < -0.4 is 10.5 Å². The first-order chi connectivity index (χ1) is 6.39. The minimum atomic E-state index is -3.55. The lowest BCUT2D eigenvalue weighted by Gasteiger charge is -2.27. The minimum Gasteiger partial charge on any atom is -0.461 e. The SMILES string of the molecule is CC(=O)O[C@@H]1CNC[C@H](S(N)(=O)=O)C1. The fourth-order valence-electron chi connectivity index (χ4n) is 1.44. The normalized spacial score (nSPS) is 28.4. The fraction of sp³-hybridized carbons (Fsp3) is 0.857. The van der Waals surface area contributed by atoms with Crippen LogP contribution in [0.4, 0.5) is 0 Å². The molecule has 0 amide bonds. The number of nitrogens with two attached hydrogens (primary N) is 1. The lowest BCUT2D eigenvalue weighted by molar-refractivity contribution is -0.146. The largest absolute Gasteiger partial charge is 0.461 e. The highest BCUT2D eigenvalue weighted by Gasteiger charge is 2.30. The third-order valence-corrected chi connectivity index (χ3v) is 3.36. The monoisotopic (exact) mass is 222 g/mol. The zero-order chi connectivity index (χ0) is 10.8. The van der Waals surface area contributed by atoms with Gasteiger partial charge < -0.3 is 10.1 Å². The number of sulfonamides is 1. The Bertz CT molecular complexity index is 314. The van der Waals surface area contributed by atoms with Crippen molar-refractivity contribution in [2.75, 3.05) is 13.1 Å². The molecule has 0 aliphatic carbocycles. The minimum absolute atomic E-state index is 0.269. The number of esters is 1. The second-order valence-corrected chi connectivity index (χ2v) is 5.18. The van der Waals surface area contributed by atoms with E-state index in [1.807, 2.05) is 0 Å². The molecular formula is C7H14N2O4S. The van der Waals surface area contributed by atoms with Crippen molar-refractivity contribution in [3.05, 3.63) is 0 Å². The molecule has 0 aromatic rings. The molecule has 82 valence electrons. The lowest BCUT2D eigenvalue weighted by atomic mass is 10.1. The van der Waals surface area contributed by atoms with Crippen LogP contribution in [0.5, 0.6) is 0 Å². The summed E-state index contributed by atoms with van der Waals surface area (Å²) in [6.07, 6.45) is -0.129. The molecule has 0 aromatic carbocycles. The summed E-state index contributed by atoms with van der Waals surface area (Å²) in [6.45, 7) is 2.09. The van der Waals surface area contributed by atoms with E-state index in [4.69, 9.17) is 9.88 Å². The van der Waals surface area contributed by atoms with E-state index in [1.54, 1.807) is 0 Å². The maximum absolute atomic E-state index is 11.0. The molecule has 0 unspecified atom stereocenters. The van der Waals surface area contributed by atoms with E-state index < -0.39 is 27.3 Å². The molecule has 1 fully saturated rings. The Morgan fingerprint density at radius 1 is 1.50 bits per heavy atom.